The lowest BCUT2D eigenvalue weighted by Gasteiger charge is -2.34. The largest absolute Gasteiger partial charge is 0.497 e. The first kappa shape index (κ1) is 38.5. The lowest BCUT2D eigenvalue weighted by Crippen LogP contribution is -2.54. The number of halogens is 1. The van der Waals surface area contributed by atoms with Crippen molar-refractivity contribution in [1.82, 2.24) is 10.2 Å². The molecule has 11 nitrogen and oxygen atoms in total. The summed E-state index contributed by atoms with van der Waals surface area (Å²) >= 11 is 3.48. The Morgan fingerprint density at radius 1 is 0.788 bits per heavy atom. The minimum atomic E-state index is -4.49. The number of hydrogen-bond donors (Lipinski definition) is 1. The van der Waals surface area contributed by atoms with Crippen LogP contribution in [-0.2, 0) is 32.6 Å². The van der Waals surface area contributed by atoms with Gasteiger partial charge in [-0.3, -0.25) is 13.9 Å². The zero-order chi connectivity index (χ0) is 37.3. The van der Waals surface area contributed by atoms with Gasteiger partial charge in [0.2, 0.25) is 11.8 Å². The van der Waals surface area contributed by atoms with E-state index in [0.717, 1.165) is 45.6 Å². The lowest BCUT2D eigenvalue weighted by atomic mass is 10.0. The molecule has 276 valence electrons. The number of sulfonamides is 1. The molecule has 1 N–H and O–H groups in total. The number of carbonyl (C=O) groups excluding carboxylic acids is 2. The molecule has 4 aromatic carbocycles. The van der Waals surface area contributed by atoms with Crippen LogP contribution in [0.3, 0.4) is 0 Å². The summed E-state index contributed by atoms with van der Waals surface area (Å²) in [6, 6.07) is 24.9. The average molecular weight is 795 g/mol. The van der Waals surface area contributed by atoms with E-state index in [1.165, 1.54) is 57.6 Å². The maximum atomic E-state index is 14.9. The molecule has 1 aliphatic carbocycles. The van der Waals surface area contributed by atoms with Crippen LogP contribution in [0, 0.1) is 0 Å². The summed E-state index contributed by atoms with van der Waals surface area (Å²) in [6.07, 6.45) is 3.96. The SMILES string of the molecule is COc1ccc(OC)c(N(CC(=O)N(Cc2ccc(Br)cc2)[C@H](Cc2ccccc2)C(=O)NC2CCCC2)S(=O)(=O)c2ccc(OC)c(OC)c2)c1. The second-order valence-corrected chi connectivity index (χ2v) is 15.2. The van der Waals surface area contributed by atoms with Gasteiger partial charge in [-0.2, -0.15) is 0 Å². The predicted molar refractivity (Wildman–Crippen MR) is 203 cm³/mol. The Kier molecular flexibility index (Phi) is 13.1. The first-order valence-electron chi connectivity index (χ1n) is 16.9. The summed E-state index contributed by atoms with van der Waals surface area (Å²) in [5, 5.41) is 3.19. The van der Waals surface area contributed by atoms with E-state index < -0.39 is 28.5 Å². The summed E-state index contributed by atoms with van der Waals surface area (Å²) < 4.78 is 53.2. The molecule has 4 aromatic rings. The van der Waals surface area contributed by atoms with Crippen molar-refractivity contribution < 1.29 is 37.0 Å². The number of nitrogens with one attached hydrogen (secondary N) is 1. The molecule has 0 aliphatic heterocycles. The molecule has 1 atom stereocenters. The topological polar surface area (TPSA) is 124 Å². The molecule has 1 fully saturated rings. The van der Waals surface area contributed by atoms with E-state index in [1.807, 2.05) is 54.6 Å². The molecule has 13 heteroatoms. The van der Waals surface area contributed by atoms with Crippen molar-refractivity contribution >= 4 is 43.5 Å². The monoisotopic (exact) mass is 793 g/mol. The minimum Gasteiger partial charge on any atom is -0.497 e. The fourth-order valence-corrected chi connectivity index (χ4v) is 8.01. The predicted octanol–water partition coefficient (Wildman–Crippen LogP) is 6.38. The average Bonchev–Trinajstić information content (AvgIpc) is 3.68. The Morgan fingerprint density at radius 3 is 2.08 bits per heavy atom. The van der Waals surface area contributed by atoms with Gasteiger partial charge in [0.1, 0.15) is 24.1 Å². The summed E-state index contributed by atoms with van der Waals surface area (Å²) in [6.45, 7) is -0.625. The summed E-state index contributed by atoms with van der Waals surface area (Å²) in [5.41, 5.74) is 1.69. The standard InChI is InChI=1S/C39H44BrN3O8S/c1-48-31-18-20-35(49-2)33(23-31)43(52(46,47)32-19-21-36(50-3)37(24-32)51-4)26-38(44)42(25-28-14-16-29(40)17-15-28)34(22-27-10-6-5-7-11-27)39(45)41-30-12-8-9-13-30/h5-7,10-11,14-21,23-24,30,34H,8-9,12-13,22,25-26H2,1-4H3,(H,41,45)/t34-/m1/s1. The number of methoxy groups -OCH3 is 4. The third-order valence-corrected chi connectivity index (χ3v) is 11.4. The van der Waals surface area contributed by atoms with E-state index in [-0.39, 0.29) is 47.0 Å². The van der Waals surface area contributed by atoms with Gasteiger partial charge in [0.25, 0.3) is 10.0 Å². The molecule has 52 heavy (non-hydrogen) atoms. The molecule has 0 unspecified atom stereocenters. The van der Waals surface area contributed by atoms with Crippen LogP contribution < -0.4 is 28.6 Å². The van der Waals surface area contributed by atoms with Crippen LogP contribution in [0.4, 0.5) is 5.69 Å². The molecule has 0 spiro atoms. The number of anilines is 1. The minimum absolute atomic E-state index is 0.00150. The van der Waals surface area contributed by atoms with Gasteiger partial charge < -0.3 is 29.2 Å². The van der Waals surface area contributed by atoms with Gasteiger partial charge in [0.05, 0.1) is 39.0 Å². The Bertz CT molecular complexity index is 1940. The fraction of sp³-hybridized carbons (Fsp3) is 0.333. The molecule has 0 heterocycles. The molecule has 0 bridgehead atoms. The van der Waals surface area contributed by atoms with Crippen molar-refractivity contribution in [2.75, 3.05) is 39.3 Å². The van der Waals surface area contributed by atoms with Gasteiger partial charge in [0, 0.05) is 35.6 Å². The van der Waals surface area contributed by atoms with Gasteiger partial charge >= 0.3 is 0 Å². The van der Waals surface area contributed by atoms with Crippen LogP contribution in [0.2, 0.25) is 0 Å². The number of benzene rings is 4. The van der Waals surface area contributed by atoms with Crippen LogP contribution in [0.15, 0.2) is 100 Å². The molecule has 1 aliphatic rings. The zero-order valence-corrected chi connectivity index (χ0v) is 32.1. The first-order valence-corrected chi connectivity index (χ1v) is 19.2. The number of rotatable bonds is 16. The number of nitrogens with zero attached hydrogens (tertiary/aromatic N) is 2. The second kappa shape index (κ2) is 17.6. The first-order chi connectivity index (χ1) is 25.1. The Labute approximate surface area is 314 Å². The maximum Gasteiger partial charge on any atom is 0.265 e. The molecule has 1 saturated carbocycles. The highest BCUT2D eigenvalue weighted by atomic mass is 79.9. The van der Waals surface area contributed by atoms with Crippen molar-refractivity contribution in [3.63, 3.8) is 0 Å². The highest BCUT2D eigenvalue weighted by Crippen LogP contribution is 2.38. The van der Waals surface area contributed by atoms with E-state index in [1.54, 1.807) is 12.1 Å². The third kappa shape index (κ3) is 9.18. The maximum absolute atomic E-state index is 14.9. The van der Waals surface area contributed by atoms with Crippen LogP contribution >= 0.6 is 15.9 Å². The second-order valence-electron chi connectivity index (χ2n) is 12.4. The van der Waals surface area contributed by atoms with E-state index >= 15 is 0 Å². The summed E-state index contributed by atoms with van der Waals surface area (Å²) in [7, 11) is 1.24. The molecule has 5 rings (SSSR count). The fourth-order valence-electron chi connectivity index (χ4n) is 6.32. The molecular formula is C39H44BrN3O8S. The number of carbonyl (C=O) groups is 2. The van der Waals surface area contributed by atoms with Crippen LogP contribution in [0.25, 0.3) is 0 Å². The van der Waals surface area contributed by atoms with E-state index in [0.29, 0.717) is 11.5 Å². The highest BCUT2D eigenvalue weighted by molar-refractivity contribution is 9.10. The van der Waals surface area contributed by atoms with Crippen LogP contribution in [0.5, 0.6) is 23.0 Å². The van der Waals surface area contributed by atoms with Crippen molar-refractivity contribution in [1.29, 1.82) is 0 Å². The van der Waals surface area contributed by atoms with E-state index in [2.05, 4.69) is 21.2 Å². The van der Waals surface area contributed by atoms with Crippen molar-refractivity contribution in [3.8, 4) is 23.0 Å². The van der Waals surface area contributed by atoms with Crippen molar-refractivity contribution in [2.24, 2.45) is 0 Å². The summed E-state index contributed by atoms with van der Waals surface area (Å²) in [4.78, 5) is 30.5. The van der Waals surface area contributed by atoms with Gasteiger partial charge in [-0.05, 0) is 60.4 Å². The van der Waals surface area contributed by atoms with Crippen molar-refractivity contribution in [3.05, 3.63) is 107 Å². The van der Waals surface area contributed by atoms with Gasteiger partial charge in [-0.15, -0.1) is 0 Å². The zero-order valence-electron chi connectivity index (χ0n) is 29.7. The Morgan fingerprint density at radius 2 is 1.44 bits per heavy atom. The molecule has 2 amide bonds. The van der Waals surface area contributed by atoms with Crippen LogP contribution in [0.1, 0.15) is 36.8 Å². The normalized spacial score (nSPS) is 13.6. The lowest BCUT2D eigenvalue weighted by molar-refractivity contribution is -0.140. The van der Waals surface area contributed by atoms with Gasteiger partial charge in [-0.1, -0.05) is 71.2 Å². The summed E-state index contributed by atoms with van der Waals surface area (Å²) in [5.74, 6) is 0.169. The number of amides is 2. The third-order valence-electron chi connectivity index (χ3n) is 9.12. The highest BCUT2D eigenvalue weighted by Gasteiger charge is 2.37. The molecule has 0 saturated heterocycles. The number of ether oxygens (including phenoxy) is 4. The number of hydrogen-bond acceptors (Lipinski definition) is 8. The molecule has 0 aromatic heterocycles. The van der Waals surface area contributed by atoms with Crippen molar-refractivity contribution in [2.45, 2.75) is 55.6 Å². The Balaban J connectivity index is 1.64. The quantitative estimate of drug-likeness (QED) is 0.139. The molecular weight excluding hydrogens is 750 g/mol. The van der Waals surface area contributed by atoms with Gasteiger partial charge in [0.15, 0.2) is 11.5 Å². The van der Waals surface area contributed by atoms with E-state index in [9.17, 15) is 18.0 Å². The van der Waals surface area contributed by atoms with E-state index in [4.69, 9.17) is 18.9 Å². The van der Waals surface area contributed by atoms with Gasteiger partial charge in [-0.25, -0.2) is 8.42 Å². The smallest absolute Gasteiger partial charge is 0.265 e. The van der Waals surface area contributed by atoms with Crippen LogP contribution in [-0.4, -0.2) is 72.2 Å². The Hall–Kier alpha value is -4.75. The molecule has 0 radical (unpaired) electrons.